The summed E-state index contributed by atoms with van der Waals surface area (Å²) < 4.78 is 5.51. The molecule has 2 aromatic rings. The number of anilines is 1. The summed E-state index contributed by atoms with van der Waals surface area (Å²) >= 11 is 6.27. The Labute approximate surface area is 165 Å². The number of primary amides is 1. The Hall–Kier alpha value is -2.24. The van der Waals surface area contributed by atoms with Gasteiger partial charge >= 0.3 is 0 Å². The third kappa shape index (κ3) is 4.04. The summed E-state index contributed by atoms with van der Waals surface area (Å²) in [6.45, 7) is 3.12. The summed E-state index contributed by atoms with van der Waals surface area (Å²) in [7, 11) is 1.53. The van der Waals surface area contributed by atoms with E-state index in [0.29, 0.717) is 28.9 Å². The van der Waals surface area contributed by atoms with E-state index >= 15 is 0 Å². The minimum absolute atomic E-state index is 0.271. The van der Waals surface area contributed by atoms with E-state index in [2.05, 4.69) is 36.1 Å². The van der Waals surface area contributed by atoms with E-state index in [-0.39, 0.29) is 11.6 Å². The number of ether oxygens (including phenoxy) is 1. The lowest BCUT2D eigenvalue weighted by atomic mass is 9.97. The second-order valence-corrected chi connectivity index (χ2v) is 7.55. The van der Waals surface area contributed by atoms with Gasteiger partial charge in [-0.2, -0.15) is 0 Å². The third-order valence-corrected chi connectivity index (χ3v) is 5.76. The highest BCUT2D eigenvalue weighted by atomic mass is 35.5. The Balaban J connectivity index is 1.92. The molecular weight excluding hydrogens is 362 g/mol. The Morgan fingerprint density at radius 3 is 2.63 bits per heavy atom. The van der Waals surface area contributed by atoms with Gasteiger partial charge in [-0.05, 0) is 37.8 Å². The van der Waals surface area contributed by atoms with Crippen LogP contribution in [-0.2, 0) is 13.0 Å². The molecule has 1 fully saturated rings. The number of carbonyl (C=O) groups excluding carboxylic acids is 1. The average Bonchev–Trinajstić information content (AvgIpc) is 2.99. The van der Waals surface area contributed by atoms with Gasteiger partial charge in [0, 0.05) is 24.2 Å². The molecule has 27 heavy (non-hydrogen) atoms. The van der Waals surface area contributed by atoms with Gasteiger partial charge in [-0.25, -0.2) is 0 Å². The first-order chi connectivity index (χ1) is 12.9. The molecule has 2 aromatic carbocycles. The van der Waals surface area contributed by atoms with Gasteiger partial charge in [0.25, 0.3) is 5.91 Å². The van der Waals surface area contributed by atoms with Crippen molar-refractivity contribution in [1.29, 1.82) is 0 Å². The number of likely N-dealkylation sites (tertiary alicyclic amines) is 1. The quantitative estimate of drug-likeness (QED) is 0.741. The summed E-state index contributed by atoms with van der Waals surface area (Å²) in [6, 6.07) is 12.7. The molecule has 0 bridgehead atoms. The molecule has 0 saturated carbocycles. The smallest absolute Gasteiger partial charge is 0.252 e. The minimum atomic E-state index is -0.573. The highest BCUT2D eigenvalue weighted by Gasteiger charge is 2.32. The summed E-state index contributed by atoms with van der Waals surface area (Å²) in [6.07, 6.45) is 2.82. The lowest BCUT2D eigenvalue weighted by molar-refractivity contribution is 0.0997. The standard InChI is InChI=1S/C21H26ClN3O2/c1-13-8-9-15(25(13)12-14-6-4-3-5-7-14)10-16-19(23)18(22)11-17(21(24)26)20(16)27-2/h3-7,11,13,15H,8-10,12,23H2,1-2H3,(H2,24,26). The molecule has 2 atom stereocenters. The van der Waals surface area contributed by atoms with E-state index in [9.17, 15) is 4.79 Å². The van der Waals surface area contributed by atoms with E-state index < -0.39 is 5.91 Å². The van der Waals surface area contributed by atoms with Crippen molar-refractivity contribution in [3.05, 3.63) is 58.1 Å². The molecule has 1 aliphatic heterocycles. The molecule has 4 N–H and O–H groups in total. The predicted molar refractivity (Wildman–Crippen MR) is 109 cm³/mol. The van der Waals surface area contributed by atoms with Crippen LogP contribution in [0, 0.1) is 0 Å². The maximum Gasteiger partial charge on any atom is 0.252 e. The molecule has 5 nitrogen and oxygen atoms in total. The molecule has 0 aliphatic carbocycles. The molecule has 144 valence electrons. The normalized spacial score (nSPS) is 20.0. The van der Waals surface area contributed by atoms with Gasteiger partial charge in [0.1, 0.15) is 5.75 Å². The molecule has 0 spiro atoms. The molecule has 1 aliphatic rings. The maximum absolute atomic E-state index is 11.8. The molecular formula is C21H26ClN3O2. The summed E-state index contributed by atoms with van der Waals surface area (Å²) in [5.74, 6) is -0.139. The molecule has 0 radical (unpaired) electrons. The van der Waals surface area contributed by atoms with Crippen LogP contribution >= 0.6 is 11.6 Å². The van der Waals surface area contributed by atoms with Crippen LogP contribution in [0.5, 0.6) is 5.75 Å². The van der Waals surface area contributed by atoms with E-state index in [1.54, 1.807) is 0 Å². The summed E-state index contributed by atoms with van der Waals surface area (Å²) in [4.78, 5) is 14.3. The number of hydrogen-bond donors (Lipinski definition) is 2. The van der Waals surface area contributed by atoms with Crippen LogP contribution in [0.1, 0.15) is 41.3 Å². The van der Waals surface area contributed by atoms with Crippen LogP contribution in [0.4, 0.5) is 5.69 Å². The number of carbonyl (C=O) groups is 1. The predicted octanol–water partition coefficient (Wildman–Crippen LogP) is 3.63. The Morgan fingerprint density at radius 1 is 1.30 bits per heavy atom. The fourth-order valence-corrected chi connectivity index (χ4v) is 4.20. The number of halogens is 1. The summed E-state index contributed by atoms with van der Waals surface area (Å²) in [5.41, 5.74) is 14.5. The molecule has 1 heterocycles. The van der Waals surface area contributed by atoms with Gasteiger partial charge in [0.05, 0.1) is 23.4 Å². The number of amides is 1. The highest BCUT2D eigenvalue weighted by Crippen LogP contribution is 2.38. The zero-order valence-electron chi connectivity index (χ0n) is 15.7. The van der Waals surface area contributed by atoms with Crippen LogP contribution < -0.4 is 16.2 Å². The molecule has 1 saturated heterocycles. The lowest BCUT2D eigenvalue weighted by Gasteiger charge is -2.29. The number of nitrogens with two attached hydrogens (primary N) is 2. The number of nitrogens with zero attached hydrogens (tertiary/aromatic N) is 1. The average molecular weight is 388 g/mol. The maximum atomic E-state index is 11.8. The topological polar surface area (TPSA) is 81.6 Å². The minimum Gasteiger partial charge on any atom is -0.496 e. The van der Waals surface area contributed by atoms with E-state index in [4.69, 9.17) is 27.8 Å². The van der Waals surface area contributed by atoms with Crippen molar-refractivity contribution in [2.45, 2.75) is 44.8 Å². The van der Waals surface area contributed by atoms with Crippen LogP contribution in [-0.4, -0.2) is 30.0 Å². The van der Waals surface area contributed by atoms with Gasteiger partial charge in [-0.15, -0.1) is 0 Å². The fourth-order valence-electron chi connectivity index (χ4n) is 3.98. The van der Waals surface area contributed by atoms with Crippen molar-refractivity contribution in [3.63, 3.8) is 0 Å². The van der Waals surface area contributed by atoms with Gasteiger partial charge in [-0.3, -0.25) is 9.69 Å². The van der Waals surface area contributed by atoms with Gasteiger partial charge in [0.15, 0.2) is 0 Å². The number of benzene rings is 2. The van der Waals surface area contributed by atoms with Gasteiger partial charge < -0.3 is 16.2 Å². The van der Waals surface area contributed by atoms with Crippen LogP contribution in [0.3, 0.4) is 0 Å². The van der Waals surface area contributed by atoms with E-state index in [1.807, 2.05) is 6.07 Å². The zero-order chi connectivity index (χ0) is 19.6. The Bertz CT molecular complexity index is 826. The first kappa shape index (κ1) is 19.5. The monoisotopic (exact) mass is 387 g/mol. The molecule has 0 aromatic heterocycles. The first-order valence-electron chi connectivity index (χ1n) is 9.16. The first-order valence-corrected chi connectivity index (χ1v) is 9.54. The number of hydrogen-bond acceptors (Lipinski definition) is 4. The van der Waals surface area contributed by atoms with Crippen molar-refractivity contribution in [1.82, 2.24) is 4.90 Å². The SMILES string of the molecule is COc1c(C(N)=O)cc(Cl)c(N)c1CC1CCC(C)N1Cc1ccccc1. The zero-order valence-corrected chi connectivity index (χ0v) is 16.5. The van der Waals surface area contributed by atoms with Crippen LogP contribution in [0.25, 0.3) is 0 Å². The Morgan fingerprint density at radius 2 is 2.00 bits per heavy atom. The van der Waals surface area contributed by atoms with Gasteiger partial charge in [0.2, 0.25) is 0 Å². The van der Waals surface area contributed by atoms with Crippen molar-refractivity contribution in [2.75, 3.05) is 12.8 Å². The second-order valence-electron chi connectivity index (χ2n) is 7.14. The lowest BCUT2D eigenvalue weighted by Crippen LogP contribution is -2.35. The number of nitrogen functional groups attached to an aromatic ring is 1. The fraction of sp³-hybridized carbons (Fsp3) is 0.381. The largest absolute Gasteiger partial charge is 0.496 e. The molecule has 6 heteroatoms. The van der Waals surface area contributed by atoms with E-state index in [0.717, 1.165) is 24.9 Å². The van der Waals surface area contributed by atoms with Crippen molar-refractivity contribution in [3.8, 4) is 5.75 Å². The van der Waals surface area contributed by atoms with Crippen LogP contribution in [0.2, 0.25) is 5.02 Å². The third-order valence-electron chi connectivity index (χ3n) is 5.44. The summed E-state index contributed by atoms with van der Waals surface area (Å²) in [5, 5.41) is 0.334. The number of methoxy groups -OCH3 is 1. The molecule has 2 unspecified atom stereocenters. The van der Waals surface area contributed by atoms with Gasteiger partial charge in [-0.1, -0.05) is 41.9 Å². The van der Waals surface area contributed by atoms with E-state index in [1.165, 1.54) is 18.7 Å². The van der Waals surface area contributed by atoms with Crippen molar-refractivity contribution < 1.29 is 9.53 Å². The Kier molecular flexibility index (Phi) is 5.92. The molecule has 1 amide bonds. The number of rotatable bonds is 6. The second kappa shape index (κ2) is 8.19. The molecule has 3 rings (SSSR count). The van der Waals surface area contributed by atoms with Crippen LogP contribution in [0.15, 0.2) is 36.4 Å². The highest BCUT2D eigenvalue weighted by molar-refractivity contribution is 6.33. The van der Waals surface area contributed by atoms with Crippen molar-refractivity contribution >= 4 is 23.2 Å². The van der Waals surface area contributed by atoms with Crippen molar-refractivity contribution in [2.24, 2.45) is 5.73 Å².